The molecule has 0 aliphatic rings. The lowest BCUT2D eigenvalue weighted by Gasteiger charge is -2.12. The van der Waals surface area contributed by atoms with Gasteiger partial charge in [0.2, 0.25) is 0 Å². The van der Waals surface area contributed by atoms with Gasteiger partial charge in [-0.25, -0.2) is 4.39 Å². The van der Waals surface area contributed by atoms with Crippen molar-refractivity contribution in [1.82, 2.24) is 0 Å². The van der Waals surface area contributed by atoms with Crippen molar-refractivity contribution in [2.75, 3.05) is 18.5 Å². The Morgan fingerprint density at radius 3 is 3.00 bits per heavy atom. The van der Waals surface area contributed by atoms with E-state index in [-0.39, 0.29) is 18.8 Å². The van der Waals surface area contributed by atoms with Gasteiger partial charge < -0.3 is 15.2 Å². The second-order valence-corrected chi connectivity index (χ2v) is 3.55. The molecule has 0 aromatic heterocycles. The van der Waals surface area contributed by atoms with Gasteiger partial charge in [-0.2, -0.15) is 0 Å². The smallest absolute Gasteiger partial charge is 0.308 e. The van der Waals surface area contributed by atoms with Gasteiger partial charge in [-0.15, -0.1) is 0 Å². The van der Waals surface area contributed by atoms with Crippen LogP contribution >= 0.6 is 0 Å². The first kappa shape index (κ1) is 13.4. The molecule has 0 bridgehead atoms. The van der Waals surface area contributed by atoms with Crippen molar-refractivity contribution in [3.05, 3.63) is 30.1 Å². The quantitative estimate of drug-likeness (QED) is 0.742. The number of halogens is 1. The molecule has 1 rings (SSSR count). The molecule has 94 valence electrons. The molecule has 0 saturated carbocycles. The number of esters is 1. The van der Waals surface area contributed by atoms with Gasteiger partial charge in [-0.1, -0.05) is 6.07 Å². The lowest BCUT2D eigenvalue weighted by Crippen LogP contribution is -2.23. The summed E-state index contributed by atoms with van der Waals surface area (Å²) in [6, 6.07) is 5.90. The molecule has 0 fully saturated rings. The fourth-order valence-corrected chi connectivity index (χ4v) is 1.32. The monoisotopic (exact) mass is 241 g/mol. The van der Waals surface area contributed by atoms with Crippen LogP contribution in [0.2, 0.25) is 0 Å². The number of benzene rings is 1. The molecule has 4 nitrogen and oxygen atoms in total. The number of hydrogen-bond acceptors (Lipinski definition) is 4. The summed E-state index contributed by atoms with van der Waals surface area (Å²) in [5, 5.41) is 12.4. The largest absolute Gasteiger partial charge is 0.466 e. The Balaban J connectivity index is 2.33. The number of rotatable bonds is 6. The summed E-state index contributed by atoms with van der Waals surface area (Å²) >= 11 is 0. The van der Waals surface area contributed by atoms with Crippen molar-refractivity contribution in [1.29, 1.82) is 0 Å². The molecule has 0 heterocycles. The van der Waals surface area contributed by atoms with Gasteiger partial charge in [0.05, 0.1) is 19.1 Å². The Bertz CT molecular complexity index is 371. The molecule has 2 N–H and O–H groups in total. The minimum Gasteiger partial charge on any atom is -0.466 e. The van der Waals surface area contributed by atoms with E-state index in [1.54, 1.807) is 19.1 Å². The Hall–Kier alpha value is -1.62. The van der Waals surface area contributed by atoms with Crippen LogP contribution in [-0.4, -0.2) is 30.3 Å². The summed E-state index contributed by atoms with van der Waals surface area (Å²) in [6.45, 7) is 2.17. The Labute approximate surface area is 99.4 Å². The van der Waals surface area contributed by atoms with E-state index < -0.39 is 12.1 Å². The van der Waals surface area contributed by atoms with Crippen molar-refractivity contribution in [3.63, 3.8) is 0 Å². The Morgan fingerprint density at radius 1 is 1.59 bits per heavy atom. The zero-order valence-electron chi connectivity index (χ0n) is 9.65. The van der Waals surface area contributed by atoms with E-state index >= 15 is 0 Å². The molecule has 5 heteroatoms. The molecule has 0 spiro atoms. The highest BCUT2D eigenvalue weighted by molar-refractivity contribution is 5.70. The van der Waals surface area contributed by atoms with Crippen LogP contribution in [0.1, 0.15) is 13.3 Å². The molecule has 0 aliphatic carbocycles. The maximum atomic E-state index is 12.8. The van der Waals surface area contributed by atoms with Crippen LogP contribution in [0.5, 0.6) is 0 Å². The molecule has 0 amide bonds. The number of carbonyl (C=O) groups excluding carboxylic acids is 1. The van der Waals surface area contributed by atoms with E-state index in [4.69, 9.17) is 4.74 Å². The number of aliphatic hydroxyl groups is 1. The predicted molar refractivity (Wildman–Crippen MR) is 62.1 cm³/mol. The summed E-state index contributed by atoms with van der Waals surface area (Å²) in [4.78, 5) is 11.0. The lowest BCUT2D eigenvalue weighted by atomic mass is 10.2. The minimum atomic E-state index is -0.850. The summed E-state index contributed by atoms with van der Waals surface area (Å²) in [5.41, 5.74) is 0.563. The maximum Gasteiger partial charge on any atom is 0.308 e. The van der Waals surface area contributed by atoms with Crippen molar-refractivity contribution in [3.8, 4) is 0 Å². The van der Waals surface area contributed by atoms with Crippen LogP contribution in [-0.2, 0) is 9.53 Å². The second-order valence-electron chi connectivity index (χ2n) is 3.55. The zero-order valence-corrected chi connectivity index (χ0v) is 9.65. The fourth-order valence-electron chi connectivity index (χ4n) is 1.32. The summed E-state index contributed by atoms with van der Waals surface area (Å²) in [6.07, 6.45) is -0.923. The van der Waals surface area contributed by atoms with Gasteiger partial charge >= 0.3 is 5.97 Å². The SMILES string of the molecule is CCOC(=O)CC(O)CNc1cccc(F)c1. The molecule has 1 aromatic carbocycles. The zero-order chi connectivity index (χ0) is 12.7. The van der Waals surface area contributed by atoms with E-state index in [1.807, 2.05) is 0 Å². The predicted octanol–water partition coefficient (Wildman–Crippen LogP) is 1.55. The van der Waals surface area contributed by atoms with Crippen LogP contribution in [0.4, 0.5) is 10.1 Å². The normalized spacial score (nSPS) is 11.9. The highest BCUT2D eigenvalue weighted by Crippen LogP contribution is 2.09. The first-order valence-corrected chi connectivity index (χ1v) is 5.45. The van der Waals surface area contributed by atoms with E-state index in [1.165, 1.54) is 12.1 Å². The third-order valence-electron chi connectivity index (χ3n) is 2.07. The average Bonchev–Trinajstić information content (AvgIpc) is 2.27. The van der Waals surface area contributed by atoms with Gasteiger partial charge in [-0.3, -0.25) is 4.79 Å². The summed E-state index contributed by atoms with van der Waals surface area (Å²) < 4.78 is 17.5. The van der Waals surface area contributed by atoms with E-state index in [2.05, 4.69) is 5.32 Å². The number of ether oxygens (including phenoxy) is 1. The van der Waals surface area contributed by atoms with Gasteiger partial charge in [0.25, 0.3) is 0 Å². The van der Waals surface area contributed by atoms with Crippen molar-refractivity contribution < 1.29 is 19.0 Å². The van der Waals surface area contributed by atoms with E-state index in [0.29, 0.717) is 12.3 Å². The van der Waals surface area contributed by atoms with Gasteiger partial charge in [-0.05, 0) is 25.1 Å². The van der Waals surface area contributed by atoms with Gasteiger partial charge in [0.1, 0.15) is 5.82 Å². The fraction of sp³-hybridized carbons (Fsp3) is 0.417. The molecule has 0 radical (unpaired) electrons. The van der Waals surface area contributed by atoms with Gasteiger partial charge in [0, 0.05) is 12.2 Å². The maximum absolute atomic E-state index is 12.8. The molecule has 0 saturated heterocycles. The third-order valence-corrected chi connectivity index (χ3v) is 2.07. The highest BCUT2D eigenvalue weighted by atomic mass is 19.1. The average molecular weight is 241 g/mol. The number of anilines is 1. The Kier molecular flexibility index (Phi) is 5.42. The first-order chi connectivity index (χ1) is 8.11. The molecule has 1 atom stereocenters. The van der Waals surface area contributed by atoms with Crippen molar-refractivity contribution in [2.24, 2.45) is 0 Å². The summed E-state index contributed by atoms with van der Waals surface area (Å²) in [5.74, 6) is -0.795. The second kappa shape index (κ2) is 6.85. The van der Waals surface area contributed by atoms with Crippen molar-refractivity contribution in [2.45, 2.75) is 19.4 Å². The number of hydrogen-bond donors (Lipinski definition) is 2. The standard InChI is InChI=1S/C12H16FNO3/c1-2-17-12(16)7-11(15)8-14-10-5-3-4-9(13)6-10/h3-6,11,14-15H,2,7-8H2,1H3. The van der Waals surface area contributed by atoms with Crippen LogP contribution in [0, 0.1) is 5.82 Å². The summed E-state index contributed by atoms with van der Waals surface area (Å²) in [7, 11) is 0. The number of carbonyl (C=O) groups is 1. The van der Waals surface area contributed by atoms with E-state index in [0.717, 1.165) is 0 Å². The minimum absolute atomic E-state index is 0.0733. The number of nitrogens with one attached hydrogen (secondary N) is 1. The molecular weight excluding hydrogens is 225 g/mol. The van der Waals surface area contributed by atoms with Crippen LogP contribution in [0.3, 0.4) is 0 Å². The lowest BCUT2D eigenvalue weighted by molar-refractivity contribution is -0.145. The van der Waals surface area contributed by atoms with Gasteiger partial charge in [0.15, 0.2) is 0 Å². The third kappa shape index (κ3) is 5.31. The van der Waals surface area contributed by atoms with E-state index in [9.17, 15) is 14.3 Å². The first-order valence-electron chi connectivity index (χ1n) is 5.45. The molecule has 1 aromatic rings. The van der Waals surface area contributed by atoms with Crippen LogP contribution < -0.4 is 5.32 Å². The molecular formula is C12H16FNO3. The van der Waals surface area contributed by atoms with Crippen molar-refractivity contribution >= 4 is 11.7 Å². The Morgan fingerprint density at radius 2 is 2.35 bits per heavy atom. The van der Waals surface area contributed by atoms with Crippen LogP contribution in [0.25, 0.3) is 0 Å². The number of aliphatic hydroxyl groups excluding tert-OH is 1. The molecule has 17 heavy (non-hydrogen) atoms. The highest BCUT2D eigenvalue weighted by Gasteiger charge is 2.11. The van der Waals surface area contributed by atoms with Crippen LogP contribution in [0.15, 0.2) is 24.3 Å². The molecule has 0 aliphatic heterocycles. The molecule has 1 unspecified atom stereocenters. The topological polar surface area (TPSA) is 58.6 Å².